The third kappa shape index (κ3) is 1.34. The van der Waals surface area contributed by atoms with Gasteiger partial charge in [0.1, 0.15) is 0 Å². The molecule has 1 heteroatoms. The number of ether oxygens (including phenoxy) is 1. The van der Waals surface area contributed by atoms with Crippen molar-refractivity contribution in [1.29, 1.82) is 0 Å². The largest absolute Gasteiger partial charge is 0.369 e. The molecule has 0 bridgehead atoms. The molecule has 1 unspecified atom stereocenters. The van der Waals surface area contributed by atoms with E-state index < -0.39 is 0 Å². The van der Waals surface area contributed by atoms with Crippen LogP contribution in [0.15, 0.2) is 12.2 Å². The molecule has 0 aromatic carbocycles. The lowest BCUT2D eigenvalue weighted by atomic mass is 10.1. The molecule has 1 fully saturated rings. The van der Waals surface area contributed by atoms with Crippen molar-refractivity contribution in [3.8, 4) is 0 Å². The van der Waals surface area contributed by atoms with Crippen LogP contribution in [0, 0.1) is 6.92 Å². The van der Waals surface area contributed by atoms with Crippen molar-refractivity contribution in [3.63, 3.8) is 0 Å². The highest BCUT2D eigenvalue weighted by Crippen LogP contribution is 2.31. The third-order valence-electron chi connectivity index (χ3n) is 1.18. The Hall–Kier alpha value is -0.300. The first-order chi connectivity index (χ1) is 3.62. The fourth-order valence-corrected chi connectivity index (χ4v) is 0.754. The van der Waals surface area contributed by atoms with Crippen LogP contribution >= 0.6 is 0 Å². The summed E-state index contributed by atoms with van der Waals surface area (Å²) in [5.74, 6) is 0. The average Bonchev–Trinajstić information content (AvgIpc) is 2.17. The van der Waals surface area contributed by atoms with Crippen molar-refractivity contribution >= 4 is 0 Å². The highest BCUT2D eigenvalue weighted by atomic mass is 16.6. The zero-order chi connectivity index (χ0) is 6.20. The summed E-state index contributed by atoms with van der Waals surface area (Å²) in [7, 11) is 0. The first-order valence-electron chi connectivity index (χ1n) is 2.76. The van der Waals surface area contributed by atoms with Crippen LogP contribution in [-0.2, 0) is 4.74 Å². The van der Waals surface area contributed by atoms with Crippen molar-refractivity contribution in [2.24, 2.45) is 0 Å². The Bertz CT molecular complexity index is 112. The molecule has 1 atom stereocenters. The summed E-state index contributed by atoms with van der Waals surface area (Å²) in [6, 6.07) is 0. The van der Waals surface area contributed by atoms with Crippen LogP contribution in [0.3, 0.4) is 0 Å². The second-order valence-electron chi connectivity index (χ2n) is 2.61. The summed E-state index contributed by atoms with van der Waals surface area (Å²) in [6.45, 7) is 10.4. The molecular weight excluding hydrogens is 100 g/mol. The van der Waals surface area contributed by atoms with Crippen LogP contribution in [0.1, 0.15) is 13.3 Å². The maximum Gasteiger partial charge on any atom is 0.0954 e. The molecular formula is C7H11O. The van der Waals surface area contributed by atoms with Gasteiger partial charge in [0.2, 0.25) is 0 Å². The Balaban J connectivity index is 2.29. The molecule has 1 heterocycles. The van der Waals surface area contributed by atoms with Crippen LogP contribution in [0.5, 0.6) is 0 Å². The molecule has 1 aliphatic rings. The Morgan fingerprint density at radius 1 is 1.88 bits per heavy atom. The van der Waals surface area contributed by atoms with Crippen molar-refractivity contribution in [3.05, 3.63) is 19.1 Å². The summed E-state index contributed by atoms with van der Waals surface area (Å²) in [5.41, 5.74) is 1.07. The van der Waals surface area contributed by atoms with Gasteiger partial charge in [-0.3, -0.25) is 0 Å². The monoisotopic (exact) mass is 111 g/mol. The molecule has 0 amide bonds. The zero-order valence-electron chi connectivity index (χ0n) is 5.24. The Morgan fingerprint density at radius 3 is 2.50 bits per heavy atom. The summed E-state index contributed by atoms with van der Waals surface area (Å²) in [5, 5.41) is 0. The third-order valence-corrected chi connectivity index (χ3v) is 1.18. The lowest BCUT2D eigenvalue weighted by Crippen LogP contribution is -2.03. The Morgan fingerprint density at radius 2 is 2.38 bits per heavy atom. The number of rotatable bonds is 2. The van der Waals surface area contributed by atoms with E-state index in [2.05, 4.69) is 13.5 Å². The van der Waals surface area contributed by atoms with Crippen LogP contribution in [0.4, 0.5) is 0 Å². The van der Waals surface area contributed by atoms with Gasteiger partial charge in [-0.1, -0.05) is 5.57 Å². The minimum atomic E-state index is -0.0775. The van der Waals surface area contributed by atoms with E-state index in [1.54, 1.807) is 0 Å². The lowest BCUT2D eigenvalue weighted by Gasteiger charge is -2.00. The molecule has 1 rings (SSSR count). The van der Waals surface area contributed by atoms with E-state index in [1.165, 1.54) is 0 Å². The fraction of sp³-hybridized carbons (Fsp3) is 0.571. The van der Waals surface area contributed by atoms with Crippen molar-refractivity contribution in [2.45, 2.75) is 18.9 Å². The molecule has 0 saturated carbocycles. The second-order valence-corrected chi connectivity index (χ2v) is 2.61. The molecule has 45 valence electrons. The number of epoxide rings is 1. The van der Waals surface area contributed by atoms with Gasteiger partial charge in [-0.2, -0.15) is 0 Å². The highest BCUT2D eigenvalue weighted by Gasteiger charge is 2.38. The van der Waals surface area contributed by atoms with Gasteiger partial charge >= 0.3 is 0 Å². The van der Waals surface area contributed by atoms with Crippen LogP contribution in [0.2, 0.25) is 0 Å². The molecule has 1 aliphatic heterocycles. The fourth-order valence-electron chi connectivity index (χ4n) is 0.754. The van der Waals surface area contributed by atoms with E-state index in [0.717, 1.165) is 18.6 Å². The SMILES string of the molecule is [CH2]C1(CC(=C)C)CO1. The van der Waals surface area contributed by atoms with E-state index in [-0.39, 0.29) is 5.60 Å². The maximum atomic E-state index is 5.03. The van der Waals surface area contributed by atoms with Gasteiger partial charge in [0.05, 0.1) is 12.2 Å². The first kappa shape index (κ1) is 5.83. The highest BCUT2D eigenvalue weighted by molar-refractivity contribution is 5.06. The first-order valence-corrected chi connectivity index (χ1v) is 2.76. The van der Waals surface area contributed by atoms with Crippen molar-refractivity contribution in [2.75, 3.05) is 6.61 Å². The van der Waals surface area contributed by atoms with Gasteiger partial charge in [-0.15, -0.1) is 6.58 Å². The predicted molar refractivity (Wildman–Crippen MR) is 33.5 cm³/mol. The molecule has 1 saturated heterocycles. The lowest BCUT2D eigenvalue weighted by molar-refractivity contribution is 0.347. The molecule has 0 aromatic heterocycles. The summed E-state index contributed by atoms with van der Waals surface area (Å²) < 4.78 is 5.03. The van der Waals surface area contributed by atoms with E-state index in [1.807, 2.05) is 6.92 Å². The molecule has 8 heavy (non-hydrogen) atoms. The summed E-state index contributed by atoms with van der Waals surface area (Å²) in [4.78, 5) is 0. The van der Waals surface area contributed by atoms with Crippen LogP contribution < -0.4 is 0 Å². The minimum absolute atomic E-state index is 0.0775. The zero-order valence-corrected chi connectivity index (χ0v) is 5.24. The van der Waals surface area contributed by atoms with Crippen LogP contribution in [0.25, 0.3) is 0 Å². The maximum absolute atomic E-state index is 5.03. The van der Waals surface area contributed by atoms with Crippen LogP contribution in [-0.4, -0.2) is 12.2 Å². The quantitative estimate of drug-likeness (QED) is 0.389. The average molecular weight is 111 g/mol. The van der Waals surface area contributed by atoms with Gasteiger partial charge in [-0.05, 0) is 20.3 Å². The van der Waals surface area contributed by atoms with E-state index in [0.29, 0.717) is 0 Å². The van der Waals surface area contributed by atoms with Crippen molar-refractivity contribution < 1.29 is 4.74 Å². The Kier molecular flexibility index (Phi) is 1.16. The van der Waals surface area contributed by atoms with E-state index in [4.69, 9.17) is 4.74 Å². The van der Waals surface area contributed by atoms with Gasteiger partial charge in [0.15, 0.2) is 0 Å². The minimum Gasteiger partial charge on any atom is -0.369 e. The van der Waals surface area contributed by atoms with Gasteiger partial charge in [0.25, 0.3) is 0 Å². The summed E-state index contributed by atoms with van der Waals surface area (Å²) in [6.07, 6.45) is 0.910. The molecule has 0 aromatic rings. The topological polar surface area (TPSA) is 12.5 Å². The standard InChI is InChI=1S/C7H11O/c1-6(2)4-7(3)5-8-7/h1,3-5H2,2H3. The molecule has 1 radical (unpaired) electrons. The summed E-state index contributed by atoms with van der Waals surface area (Å²) >= 11 is 0. The number of hydrogen-bond donors (Lipinski definition) is 0. The second kappa shape index (κ2) is 1.59. The molecule has 1 nitrogen and oxygen atoms in total. The van der Waals surface area contributed by atoms with Gasteiger partial charge in [0, 0.05) is 0 Å². The Labute approximate surface area is 50.3 Å². The van der Waals surface area contributed by atoms with Gasteiger partial charge < -0.3 is 4.74 Å². The molecule has 0 N–H and O–H groups in total. The van der Waals surface area contributed by atoms with E-state index >= 15 is 0 Å². The molecule has 0 aliphatic carbocycles. The van der Waals surface area contributed by atoms with Crippen molar-refractivity contribution in [1.82, 2.24) is 0 Å². The van der Waals surface area contributed by atoms with E-state index in [9.17, 15) is 0 Å². The number of hydrogen-bond acceptors (Lipinski definition) is 1. The predicted octanol–water partition coefficient (Wildman–Crippen LogP) is 1.56. The molecule has 0 spiro atoms. The van der Waals surface area contributed by atoms with Gasteiger partial charge in [-0.25, -0.2) is 0 Å². The normalized spacial score (nSPS) is 34.8. The smallest absolute Gasteiger partial charge is 0.0954 e.